The van der Waals surface area contributed by atoms with Gasteiger partial charge in [-0.25, -0.2) is 0 Å². The van der Waals surface area contributed by atoms with Crippen molar-refractivity contribution < 1.29 is 19.0 Å². The fourth-order valence-corrected chi connectivity index (χ4v) is 4.74. The maximum absolute atomic E-state index is 13.1. The first-order valence-electron chi connectivity index (χ1n) is 11.8. The van der Waals surface area contributed by atoms with Crippen molar-refractivity contribution in [1.82, 2.24) is 9.80 Å². The van der Waals surface area contributed by atoms with E-state index in [2.05, 4.69) is 54.8 Å². The quantitative estimate of drug-likeness (QED) is 0.637. The van der Waals surface area contributed by atoms with E-state index in [4.69, 9.17) is 14.2 Å². The Morgan fingerprint density at radius 1 is 0.939 bits per heavy atom. The Morgan fingerprint density at radius 2 is 1.58 bits per heavy atom. The Hall–Kier alpha value is -2.57. The Labute approximate surface area is 197 Å². The van der Waals surface area contributed by atoms with E-state index in [0.717, 1.165) is 56.0 Å². The molecule has 1 heterocycles. The van der Waals surface area contributed by atoms with Gasteiger partial charge in [0, 0.05) is 38.3 Å². The van der Waals surface area contributed by atoms with Gasteiger partial charge in [0.25, 0.3) is 0 Å². The fraction of sp³-hybridized carbons (Fsp3) is 0.519. The maximum Gasteiger partial charge on any atom is 0.180 e. The third-order valence-electron chi connectivity index (χ3n) is 6.83. The highest BCUT2D eigenvalue weighted by Crippen LogP contribution is 2.36. The van der Waals surface area contributed by atoms with Crippen LogP contribution in [0.4, 0.5) is 0 Å². The van der Waals surface area contributed by atoms with Gasteiger partial charge in [-0.3, -0.25) is 14.6 Å². The highest BCUT2D eigenvalue weighted by Gasteiger charge is 2.37. The molecule has 4 rings (SSSR count). The van der Waals surface area contributed by atoms with Crippen molar-refractivity contribution in [2.75, 3.05) is 53.6 Å². The number of hydrogen-bond donors (Lipinski definition) is 0. The topological polar surface area (TPSA) is 51.2 Å². The van der Waals surface area contributed by atoms with Gasteiger partial charge in [-0.1, -0.05) is 32.9 Å². The van der Waals surface area contributed by atoms with Crippen LogP contribution in [0, 0.1) is 0 Å². The second-order valence-electron chi connectivity index (χ2n) is 9.95. The maximum atomic E-state index is 13.1. The summed E-state index contributed by atoms with van der Waals surface area (Å²) in [5.41, 5.74) is 3.28. The Balaban J connectivity index is 1.26. The Morgan fingerprint density at radius 3 is 2.18 bits per heavy atom. The van der Waals surface area contributed by atoms with Crippen LogP contribution in [-0.2, 0) is 11.8 Å². The Kier molecular flexibility index (Phi) is 6.96. The molecule has 0 aromatic heterocycles. The van der Waals surface area contributed by atoms with Gasteiger partial charge in [-0.15, -0.1) is 0 Å². The van der Waals surface area contributed by atoms with Crippen molar-refractivity contribution >= 4 is 5.78 Å². The molecule has 1 aliphatic heterocycles. The lowest BCUT2D eigenvalue weighted by atomic mass is 9.87. The summed E-state index contributed by atoms with van der Waals surface area (Å²) in [6.45, 7) is 11.9. The van der Waals surface area contributed by atoms with E-state index in [-0.39, 0.29) is 17.2 Å². The second kappa shape index (κ2) is 9.74. The van der Waals surface area contributed by atoms with Gasteiger partial charge in [-0.05, 0) is 47.2 Å². The van der Waals surface area contributed by atoms with Crippen LogP contribution in [0.5, 0.6) is 17.2 Å². The van der Waals surface area contributed by atoms with Crippen molar-refractivity contribution in [2.45, 2.75) is 38.6 Å². The predicted molar refractivity (Wildman–Crippen MR) is 130 cm³/mol. The van der Waals surface area contributed by atoms with Crippen LogP contribution in [0.15, 0.2) is 36.4 Å². The molecule has 1 atom stereocenters. The SMILES string of the molecule is COc1cc2c(cc1OC)C(=O)C(N1CCN(CCOc3ccc(C(C)(C)C)cc3)CC1)C2. The summed E-state index contributed by atoms with van der Waals surface area (Å²) in [6, 6.07) is 12.1. The molecule has 1 unspecified atom stereocenters. The van der Waals surface area contributed by atoms with Crippen molar-refractivity contribution in [3.8, 4) is 17.2 Å². The van der Waals surface area contributed by atoms with Gasteiger partial charge in [0.1, 0.15) is 12.4 Å². The van der Waals surface area contributed by atoms with E-state index in [0.29, 0.717) is 18.1 Å². The zero-order chi connectivity index (χ0) is 23.6. The van der Waals surface area contributed by atoms with Crippen LogP contribution >= 0.6 is 0 Å². The lowest BCUT2D eigenvalue weighted by Gasteiger charge is -2.37. The molecular weight excluding hydrogens is 416 g/mol. The number of carbonyl (C=O) groups excluding carboxylic acids is 1. The van der Waals surface area contributed by atoms with Crippen molar-refractivity contribution in [2.24, 2.45) is 0 Å². The third-order valence-corrected chi connectivity index (χ3v) is 6.83. The molecule has 0 amide bonds. The summed E-state index contributed by atoms with van der Waals surface area (Å²) in [5.74, 6) is 2.41. The monoisotopic (exact) mass is 452 g/mol. The lowest BCUT2D eigenvalue weighted by molar-refractivity contribution is 0.0667. The average molecular weight is 453 g/mol. The summed E-state index contributed by atoms with van der Waals surface area (Å²) in [5, 5.41) is 0. The zero-order valence-electron chi connectivity index (χ0n) is 20.5. The molecule has 6 nitrogen and oxygen atoms in total. The predicted octanol–water partition coefficient (Wildman–Crippen LogP) is 3.81. The lowest BCUT2D eigenvalue weighted by Crippen LogP contribution is -2.52. The molecule has 2 aromatic carbocycles. The van der Waals surface area contributed by atoms with E-state index in [1.807, 2.05) is 12.1 Å². The van der Waals surface area contributed by atoms with Gasteiger partial charge in [0.2, 0.25) is 0 Å². The molecule has 0 spiro atoms. The molecule has 1 fully saturated rings. The summed E-state index contributed by atoms with van der Waals surface area (Å²) < 4.78 is 16.8. The molecule has 0 saturated carbocycles. The average Bonchev–Trinajstić information content (AvgIpc) is 3.13. The number of fused-ring (bicyclic) bond motifs is 1. The van der Waals surface area contributed by atoms with Gasteiger partial charge in [0.05, 0.1) is 20.3 Å². The second-order valence-corrected chi connectivity index (χ2v) is 9.95. The molecular formula is C27H36N2O4. The van der Waals surface area contributed by atoms with Gasteiger partial charge in [0.15, 0.2) is 17.3 Å². The van der Waals surface area contributed by atoms with E-state index in [1.54, 1.807) is 14.2 Å². The normalized spacial score (nSPS) is 19.4. The summed E-state index contributed by atoms with van der Waals surface area (Å²) in [7, 11) is 3.23. The van der Waals surface area contributed by atoms with Crippen molar-refractivity contribution in [1.29, 1.82) is 0 Å². The molecule has 1 saturated heterocycles. The molecule has 0 N–H and O–H groups in total. The van der Waals surface area contributed by atoms with Crippen LogP contribution in [0.2, 0.25) is 0 Å². The van der Waals surface area contributed by atoms with Gasteiger partial charge in [-0.2, -0.15) is 0 Å². The van der Waals surface area contributed by atoms with E-state index >= 15 is 0 Å². The zero-order valence-corrected chi connectivity index (χ0v) is 20.5. The van der Waals surface area contributed by atoms with Crippen LogP contribution < -0.4 is 14.2 Å². The van der Waals surface area contributed by atoms with Crippen molar-refractivity contribution in [3.63, 3.8) is 0 Å². The highest BCUT2D eigenvalue weighted by atomic mass is 16.5. The fourth-order valence-electron chi connectivity index (χ4n) is 4.74. The number of ketones is 1. The number of piperazine rings is 1. The number of ether oxygens (including phenoxy) is 3. The number of methoxy groups -OCH3 is 2. The molecule has 6 heteroatoms. The number of nitrogens with zero attached hydrogens (tertiary/aromatic N) is 2. The number of hydrogen-bond acceptors (Lipinski definition) is 6. The van der Waals surface area contributed by atoms with E-state index in [1.165, 1.54) is 5.56 Å². The van der Waals surface area contributed by atoms with Crippen LogP contribution in [0.3, 0.4) is 0 Å². The molecule has 0 bridgehead atoms. The van der Waals surface area contributed by atoms with Crippen LogP contribution in [0.1, 0.15) is 42.3 Å². The molecule has 33 heavy (non-hydrogen) atoms. The van der Waals surface area contributed by atoms with Crippen LogP contribution in [-0.4, -0.2) is 75.2 Å². The van der Waals surface area contributed by atoms with Crippen LogP contribution in [0.25, 0.3) is 0 Å². The minimum absolute atomic E-state index is 0.0865. The Bertz CT molecular complexity index is 973. The molecule has 0 radical (unpaired) electrons. The summed E-state index contributed by atoms with van der Waals surface area (Å²) in [4.78, 5) is 17.8. The first kappa shape index (κ1) is 23.6. The third kappa shape index (κ3) is 5.17. The largest absolute Gasteiger partial charge is 0.493 e. The smallest absolute Gasteiger partial charge is 0.180 e. The molecule has 1 aliphatic carbocycles. The molecule has 2 aliphatic rings. The number of rotatable bonds is 7. The van der Waals surface area contributed by atoms with E-state index in [9.17, 15) is 4.79 Å². The van der Waals surface area contributed by atoms with Gasteiger partial charge >= 0.3 is 0 Å². The minimum Gasteiger partial charge on any atom is -0.493 e. The minimum atomic E-state index is -0.0865. The summed E-state index contributed by atoms with van der Waals surface area (Å²) >= 11 is 0. The van der Waals surface area contributed by atoms with Gasteiger partial charge < -0.3 is 14.2 Å². The summed E-state index contributed by atoms with van der Waals surface area (Å²) in [6.07, 6.45) is 0.738. The number of benzene rings is 2. The van der Waals surface area contributed by atoms with E-state index < -0.39 is 0 Å². The molecule has 178 valence electrons. The first-order valence-corrected chi connectivity index (χ1v) is 11.8. The number of Topliss-reactive ketones (excluding diaryl/α,β-unsaturated/α-hetero) is 1. The standard InChI is InChI=1S/C27H36N2O4/c1-27(2,3)20-6-8-21(9-7-20)33-15-14-28-10-12-29(13-11-28)23-16-19-17-24(31-4)25(32-5)18-22(19)26(23)30/h6-9,17-18,23H,10-16H2,1-5H3. The first-order chi connectivity index (χ1) is 15.8. The molecule has 2 aromatic rings. The number of carbonyl (C=O) groups is 1. The highest BCUT2D eigenvalue weighted by molar-refractivity contribution is 6.05. The van der Waals surface area contributed by atoms with Crippen molar-refractivity contribution in [3.05, 3.63) is 53.1 Å².